The van der Waals surface area contributed by atoms with Crippen LogP contribution in [0.2, 0.25) is 5.02 Å². The van der Waals surface area contributed by atoms with Crippen molar-refractivity contribution in [1.82, 2.24) is 0 Å². The molecule has 0 aliphatic carbocycles. The van der Waals surface area contributed by atoms with Crippen molar-refractivity contribution in [1.29, 1.82) is 0 Å². The fourth-order valence-corrected chi connectivity index (χ4v) is 13.3. The molecule has 1 aliphatic heterocycles. The molecule has 40 heavy (non-hydrogen) atoms. The van der Waals surface area contributed by atoms with Gasteiger partial charge in [-0.3, -0.25) is 4.79 Å². The van der Waals surface area contributed by atoms with Gasteiger partial charge < -0.3 is 13.9 Å². The minimum Gasteiger partial charge on any atom is -0.426 e. The Morgan fingerprint density at radius 3 is 1.30 bits per heavy atom. The van der Waals surface area contributed by atoms with Gasteiger partial charge in [-0.1, -0.05) is 133 Å². The summed E-state index contributed by atoms with van der Waals surface area (Å²) < 4.78 is 37.6. The van der Waals surface area contributed by atoms with Crippen LogP contribution >= 0.6 is 25.9 Å². The number of esters is 1. The van der Waals surface area contributed by atoms with Crippen molar-refractivity contribution >= 4 is 53.1 Å². The molecule has 1 heterocycles. The van der Waals surface area contributed by atoms with Crippen molar-refractivity contribution in [2.75, 3.05) is 0 Å². The molecule has 6 rings (SSSR count). The summed E-state index contributed by atoms with van der Waals surface area (Å²) in [5, 5.41) is 2.51. The van der Waals surface area contributed by atoms with E-state index in [0.717, 1.165) is 0 Å². The Kier molecular flexibility index (Phi) is 7.11. The zero-order valence-electron chi connectivity index (χ0n) is 21.3. The van der Waals surface area contributed by atoms with Crippen molar-refractivity contribution < 1.29 is 18.7 Å². The lowest BCUT2D eigenvalue weighted by molar-refractivity contribution is -0.134. The SMILES string of the molecule is O=C1Oc2ccc(Cl)cc2[C@H](P(=O)(c2ccccc2)c2ccccc2)[C@H]1P(=O)(c1ccccc1)c1ccccc1. The summed E-state index contributed by atoms with van der Waals surface area (Å²) in [6, 6.07) is 41.1. The monoisotopic (exact) mass is 582 g/mol. The maximum absolute atomic E-state index is 15.9. The van der Waals surface area contributed by atoms with Gasteiger partial charge in [-0.2, -0.15) is 0 Å². The number of rotatable bonds is 6. The number of fused-ring (bicyclic) bond motifs is 1. The maximum atomic E-state index is 15.9. The molecule has 0 unspecified atom stereocenters. The predicted octanol–water partition coefficient (Wildman–Crippen LogP) is 6.70. The van der Waals surface area contributed by atoms with Crippen LogP contribution in [0.15, 0.2) is 140 Å². The van der Waals surface area contributed by atoms with Gasteiger partial charge in [0.05, 0.1) is 5.66 Å². The molecule has 0 fully saturated rings. The van der Waals surface area contributed by atoms with Crippen LogP contribution in [0.5, 0.6) is 5.75 Å². The van der Waals surface area contributed by atoms with Gasteiger partial charge in [0.25, 0.3) is 0 Å². The van der Waals surface area contributed by atoms with Crippen LogP contribution in [-0.2, 0) is 13.9 Å². The lowest BCUT2D eigenvalue weighted by Gasteiger charge is -2.41. The van der Waals surface area contributed by atoms with Gasteiger partial charge in [0.2, 0.25) is 0 Å². The summed E-state index contributed by atoms with van der Waals surface area (Å²) in [6.45, 7) is 0. The topological polar surface area (TPSA) is 60.4 Å². The van der Waals surface area contributed by atoms with Crippen molar-refractivity contribution in [3.63, 3.8) is 0 Å². The lowest BCUT2D eigenvalue weighted by Crippen LogP contribution is -2.43. The quantitative estimate of drug-likeness (QED) is 0.127. The molecule has 4 nitrogen and oxygen atoms in total. The largest absolute Gasteiger partial charge is 0.426 e. The first-order valence-electron chi connectivity index (χ1n) is 12.9. The third-order valence-electron chi connectivity index (χ3n) is 7.38. The standard InChI is InChI=1S/C33H25ClO4P2/c34-24-21-22-30-29(23-24)31(39(36,25-13-5-1-6-14-25)26-15-7-2-8-16-26)32(33(35)38-30)40(37,27-17-9-3-10-18-27)28-19-11-4-12-20-28/h1-23,31-32H/t31-,32+/m0/s1. The van der Waals surface area contributed by atoms with E-state index < -0.39 is 31.6 Å². The summed E-state index contributed by atoms with van der Waals surface area (Å²) in [7, 11) is -7.52. The van der Waals surface area contributed by atoms with E-state index in [1.807, 2.05) is 72.8 Å². The molecular weight excluding hydrogens is 558 g/mol. The Hall–Kier alpha value is -3.68. The summed E-state index contributed by atoms with van der Waals surface area (Å²) in [5.74, 6) is -0.404. The summed E-state index contributed by atoms with van der Waals surface area (Å²) >= 11 is 6.52. The van der Waals surface area contributed by atoms with Gasteiger partial charge in [0.1, 0.15) is 11.4 Å². The smallest absolute Gasteiger partial charge is 0.323 e. The molecule has 0 saturated carbocycles. The second-order valence-electron chi connectivity index (χ2n) is 9.65. The Morgan fingerprint density at radius 1 is 0.525 bits per heavy atom. The molecule has 0 spiro atoms. The van der Waals surface area contributed by atoms with Crippen molar-refractivity contribution in [3.05, 3.63) is 150 Å². The number of carbonyl (C=O) groups is 1. The van der Waals surface area contributed by atoms with Crippen LogP contribution in [0.25, 0.3) is 0 Å². The molecular formula is C33H25ClO4P2. The molecule has 0 bridgehead atoms. The molecule has 0 N–H and O–H groups in total. The van der Waals surface area contributed by atoms with Gasteiger partial charge in [-0.25, -0.2) is 0 Å². The molecule has 0 aromatic heterocycles. The van der Waals surface area contributed by atoms with Gasteiger partial charge >= 0.3 is 5.97 Å². The van der Waals surface area contributed by atoms with Gasteiger partial charge in [-0.05, 0) is 18.2 Å². The van der Waals surface area contributed by atoms with E-state index >= 15 is 9.13 Å². The lowest BCUT2D eigenvalue weighted by atomic mass is 10.1. The molecule has 5 aromatic carbocycles. The van der Waals surface area contributed by atoms with Gasteiger partial charge in [-0.15, -0.1) is 0 Å². The normalized spacial score (nSPS) is 17.1. The maximum Gasteiger partial charge on any atom is 0.323 e. The van der Waals surface area contributed by atoms with Gasteiger partial charge in [0.15, 0.2) is 14.3 Å². The van der Waals surface area contributed by atoms with E-state index in [9.17, 15) is 4.79 Å². The zero-order valence-corrected chi connectivity index (χ0v) is 23.9. The van der Waals surface area contributed by atoms with E-state index in [-0.39, 0.29) is 5.75 Å². The molecule has 0 radical (unpaired) electrons. The number of hydrogen-bond acceptors (Lipinski definition) is 4. The van der Waals surface area contributed by atoms with E-state index in [1.165, 1.54) is 0 Å². The van der Waals surface area contributed by atoms with E-state index in [0.29, 0.717) is 31.8 Å². The van der Waals surface area contributed by atoms with Crippen LogP contribution in [0, 0.1) is 0 Å². The Balaban J connectivity index is 1.74. The number of ether oxygens (including phenoxy) is 1. The van der Waals surface area contributed by atoms with E-state index in [2.05, 4.69) is 0 Å². The van der Waals surface area contributed by atoms with Crippen LogP contribution in [0.1, 0.15) is 11.2 Å². The van der Waals surface area contributed by atoms with Crippen LogP contribution in [0.4, 0.5) is 0 Å². The number of hydrogen-bond donors (Lipinski definition) is 0. The van der Waals surface area contributed by atoms with Crippen LogP contribution in [-0.4, -0.2) is 11.6 Å². The summed E-state index contributed by atoms with van der Waals surface area (Å²) in [4.78, 5) is 14.2. The molecule has 0 amide bonds. The first kappa shape index (κ1) is 26.5. The zero-order chi connectivity index (χ0) is 27.7. The number of halogens is 1. The fourth-order valence-electron chi connectivity index (χ4n) is 5.59. The first-order valence-corrected chi connectivity index (χ1v) is 16.8. The molecule has 5 aromatic rings. The highest BCUT2D eigenvalue weighted by Gasteiger charge is 2.57. The molecule has 198 valence electrons. The van der Waals surface area contributed by atoms with Crippen molar-refractivity contribution in [3.8, 4) is 5.75 Å². The Bertz CT molecular complexity index is 1670. The molecule has 7 heteroatoms. The Morgan fingerprint density at radius 2 is 0.900 bits per heavy atom. The fraction of sp³-hybridized carbons (Fsp3) is 0.0606. The van der Waals surface area contributed by atoms with Crippen LogP contribution in [0.3, 0.4) is 0 Å². The molecule has 2 atom stereocenters. The average molecular weight is 583 g/mol. The average Bonchev–Trinajstić information content (AvgIpc) is 3.01. The first-order chi connectivity index (χ1) is 19.4. The minimum atomic E-state index is -3.81. The summed E-state index contributed by atoms with van der Waals surface area (Å²) in [6.07, 6.45) is 0. The third kappa shape index (κ3) is 4.38. The number of carbonyl (C=O) groups excluding carboxylic acids is 1. The minimum absolute atomic E-state index is 0.274. The predicted molar refractivity (Wildman–Crippen MR) is 163 cm³/mol. The Labute approximate surface area is 238 Å². The third-order valence-corrected chi connectivity index (χ3v) is 14.8. The highest BCUT2D eigenvalue weighted by Crippen LogP contribution is 2.69. The van der Waals surface area contributed by atoms with E-state index in [1.54, 1.807) is 66.7 Å². The van der Waals surface area contributed by atoms with E-state index in [4.69, 9.17) is 16.3 Å². The van der Waals surface area contributed by atoms with Gasteiger partial charge in [0, 0.05) is 31.8 Å². The molecule has 0 saturated heterocycles. The van der Waals surface area contributed by atoms with Crippen molar-refractivity contribution in [2.45, 2.75) is 11.3 Å². The van der Waals surface area contributed by atoms with Crippen molar-refractivity contribution in [2.24, 2.45) is 0 Å². The molecule has 1 aliphatic rings. The second kappa shape index (κ2) is 10.7. The highest BCUT2D eigenvalue weighted by atomic mass is 35.5. The second-order valence-corrected chi connectivity index (χ2v) is 15.9. The number of benzene rings is 5. The highest BCUT2D eigenvalue weighted by molar-refractivity contribution is 7.83. The summed E-state index contributed by atoms with van der Waals surface area (Å²) in [5.41, 5.74) is -1.80. The van der Waals surface area contributed by atoms with Crippen LogP contribution < -0.4 is 26.0 Å².